The Morgan fingerprint density at radius 1 is 0.880 bits per heavy atom. The number of methoxy groups -OCH3 is 1. The molecule has 0 bridgehead atoms. The van der Waals surface area contributed by atoms with Gasteiger partial charge in [-0.25, -0.2) is 4.79 Å². The Balaban J connectivity index is 1.44. The highest BCUT2D eigenvalue weighted by molar-refractivity contribution is 5.90. The first-order valence-electron chi connectivity index (χ1n) is 16.2. The van der Waals surface area contributed by atoms with Crippen molar-refractivity contribution in [2.45, 2.75) is 64.0 Å². The molecule has 2 N–H and O–H groups in total. The molecule has 4 aromatic carbocycles. The van der Waals surface area contributed by atoms with Crippen LogP contribution in [0.25, 0.3) is 11.1 Å². The Morgan fingerprint density at radius 2 is 1.54 bits per heavy atom. The number of nitrogens with one attached hydrogen (secondary N) is 2. The number of fused-ring (bicyclic) bond motifs is 1. The molecule has 0 radical (unpaired) electrons. The lowest BCUT2D eigenvalue weighted by atomic mass is 9.91. The van der Waals surface area contributed by atoms with E-state index in [1.807, 2.05) is 81.4 Å². The number of esters is 1. The average molecular weight is 688 g/mol. The van der Waals surface area contributed by atoms with E-state index >= 15 is 0 Å². The van der Waals surface area contributed by atoms with E-state index in [-0.39, 0.29) is 19.6 Å². The van der Waals surface area contributed by atoms with E-state index in [1.54, 1.807) is 12.1 Å². The quantitative estimate of drug-likeness (QED) is 0.175. The summed E-state index contributed by atoms with van der Waals surface area (Å²) in [5.74, 6) is -0.647. The van der Waals surface area contributed by atoms with Crippen molar-refractivity contribution < 1.29 is 37.0 Å². The molecule has 1 aliphatic rings. The Bertz CT molecular complexity index is 1800. The molecule has 2 atom stereocenters. The average Bonchev–Trinajstić information content (AvgIpc) is 3.09. The molecule has 8 nitrogen and oxygen atoms in total. The van der Waals surface area contributed by atoms with Crippen LogP contribution in [-0.2, 0) is 33.5 Å². The van der Waals surface area contributed by atoms with E-state index in [9.17, 15) is 27.6 Å². The van der Waals surface area contributed by atoms with Crippen molar-refractivity contribution in [3.8, 4) is 16.9 Å². The molecule has 0 saturated carbocycles. The zero-order valence-electron chi connectivity index (χ0n) is 28.3. The van der Waals surface area contributed by atoms with Crippen molar-refractivity contribution in [3.05, 3.63) is 125 Å². The van der Waals surface area contributed by atoms with Crippen LogP contribution in [0.3, 0.4) is 0 Å². The summed E-state index contributed by atoms with van der Waals surface area (Å²) < 4.78 is 50.0. The van der Waals surface area contributed by atoms with Gasteiger partial charge in [0.05, 0.1) is 25.1 Å². The summed E-state index contributed by atoms with van der Waals surface area (Å²) in [5.41, 5.74) is 3.23. The summed E-state index contributed by atoms with van der Waals surface area (Å²) in [7, 11) is 1.28. The lowest BCUT2D eigenvalue weighted by Gasteiger charge is -2.38. The second-order valence-electron chi connectivity index (χ2n) is 13.2. The smallest absolute Gasteiger partial charge is 0.416 e. The van der Waals surface area contributed by atoms with Gasteiger partial charge in [-0.2, -0.15) is 13.2 Å². The fourth-order valence-corrected chi connectivity index (χ4v) is 5.83. The molecule has 4 aromatic rings. The third-order valence-corrected chi connectivity index (χ3v) is 8.36. The van der Waals surface area contributed by atoms with Gasteiger partial charge < -0.3 is 25.0 Å². The molecule has 262 valence electrons. The predicted molar refractivity (Wildman–Crippen MR) is 183 cm³/mol. The van der Waals surface area contributed by atoms with Crippen LogP contribution < -0.4 is 15.4 Å². The van der Waals surface area contributed by atoms with Gasteiger partial charge in [0.2, 0.25) is 5.91 Å². The molecule has 5 rings (SSSR count). The number of halogens is 3. The van der Waals surface area contributed by atoms with Gasteiger partial charge in [-0.15, -0.1) is 0 Å². The van der Waals surface area contributed by atoms with E-state index in [2.05, 4.69) is 10.6 Å². The number of ether oxygens (including phenoxy) is 2. The number of urea groups is 1. The number of hydrogen-bond acceptors (Lipinski definition) is 5. The lowest BCUT2D eigenvalue weighted by Crippen LogP contribution is -2.54. The fourth-order valence-electron chi connectivity index (χ4n) is 5.83. The Kier molecular flexibility index (Phi) is 10.8. The predicted octanol–water partition coefficient (Wildman–Crippen LogP) is 7.78. The van der Waals surface area contributed by atoms with Gasteiger partial charge in [-0.1, -0.05) is 72.8 Å². The lowest BCUT2D eigenvalue weighted by molar-refractivity contribution is -0.141. The van der Waals surface area contributed by atoms with Crippen LogP contribution in [0.2, 0.25) is 0 Å². The van der Waals surface area contributed by atoms with Gasteiger partial charge >= 0.3 is 18.2 Å². The standard InChI is InChI=1S/C39H40F3N3O5/c1-38(2,3)44-37(48)45-21-20-28-16-19-31(50-24-25-10-17-30(18-11-25)39(40,41)42)22-32(28)35(45)36(47)43-33(23-34(46)49-4)29-14-12-27(13-15-29)26-8-6-5-7-9-26/h5-19,22,33,35H,20-21,23-24H2,1-4H3,(H,43,47)(H,44,48). The minimum absolute atomic E-state index is 0.0117. The number of alkyl halides is 3. The number of carbonyl (C=O) groups excluding carboxylic acids is 3. The van der Waals surface area contributed by atoms with Crippen molar-refractivity contribution in [1.29, 1.82) is 0 Å². The Labute approximate surface area is 289 Å². The van der Waals surface area contributed by atoms with Gasteiger partial charge in [-0.3, -0.25) is 9.59 Å². The van der Waals surface area contributed by atoms with Crippen molar-refractivity contribution in [2.75, 3.05) is 13.7 Å². The van der Waals surface area contributed by atoms with E-state index < -0.39 is 47.3 Å². The topological polar surface area (TPSA) is 97.0 Å². The highest BCUT2D eigenvalue weighted by Crippen LogP contribution is 2.35. The van der Waals surface area contributed by atoms with E-state index in [1.165, 1.54) is 24.1 Å². The van der Waals surface area contributed by atoms with E-state index in [0.29, 0.717) is 28.9 Å². The Morgan fingerprint density at radius 3 is 2.16 bits per heavy atom. The maximum atomic E-state index is 14.4. The van der Waals surface area contributed by atoms with Crippen LogP contribution in [0, 0.1) is 0 Å². The molecule has 0 spiro atoms. The molecule has 50 heavy (non-hydrogen) atoms. The van der Waals surface area contributed by atoms with Crippen molar-refractivity contribution in [3.63, 3.8) is 0 Å². The molecule has 3 amide bonds. The zero-order chi connectivity index (χ0) is 36.1. The first-order valence-corrected chi connectivity index (χ1v) is 16.2. The monoisotopic (exact) mass is 687 g/mol. The Hall–Kier alpha value is -5.32. The molecule has 2 unspecified atom stereocenters. The fraction of sp³-hybridized carbons (Fsp3) is 0.308. The van der Waals surface area contributed by atoms with Gasteiger partial charge in [0, 0.05) is 12.1 Å². The van der Waals surface area contributed by atoms with Crippen LogP contribution in [-0.4, -0.2) is 42.0 Å². The number of benzene rings is 4. The normalized spacial score (nSPS) is 15.0. The van der Waals surface area contributed by atoms with Crippen molar-refractivity contribution >= 4 is 17.9 Å². The van der Waals surface area contributed by atoms with Crippen LogP contribution in [0.5, 0.6) is 5.75 Å². The zero-order valence-corrected chi connectivity index (χ0v) is 28.3. The third kappa shape index (κ3) is 9.02. The molecule has 1 heterocycles. The van der Waals surface area contributed by atoms with E-state index in [4.69, 9.17) is 9.47 Å². The van der Waals surface area contributed by atoms with Gasteiger partial charge in [0.1, 0.15) is 18.4 Å². The second kappa shape index (κ2) is 15.1. The summed E-state index contributed by atoms with van der Waals surface area (Å²) in [4.78, 5) is 42.0. The molecular formula is C39H40F3N3O5. The van der Waals surface area contributed by atoms with Crippen LogP contribution >= 0.6 is 0 Å². The van der Waals surface area contributed by atoms with Crippen LogP contribution in [0.4, 0.5) is 18.0 Å². The molecule has 0 aliphatic carbocycles. The third-order valence-electron chi connectivity index (χ3n) is 8.36. The van der Waals surface area contributed by atoms with Crippen molar-refractivity contribution in [2.24, 2.45) is 0 Å². The molecule has 11 heteroatoms. The highest BCUT2D eigenvalue weighted by Gasteiger charge is 2.38. The first-order chi connectivity index (χ1) is 23.7. The second-order valence-corrected chi connectivity index (χ2v) is 13.2. The number of amides is 3. The van der Waals surface area contributed by atoms with Gasteiger partial charge in [0.15, 0.2) is 0 Å². The molecule has 0 aromatic heterocycles. The largest absolute Gasteiger partial charge is 0.489 e. The summed E-state index contributed by atoms with van der Waals surface area (Å²) in [5, 5.41) is 5.97. The summed E-state index contributed by atoms with van der Waals surface area (Å²) in [6.07, 6.45) is -4.11. The summed E-state index contributed by atoms with van der Waals surface area (Å²) >= 11 is 0. The molecule has 1 aliphatic heterocycles. The molecule has 0 fully saturated rings. The SMILES string of the molecule is COC(=O)CC(NC(=O)C1c2cc(OCc3ccc(C(F)(F)F)cc3)ccc2CCN1C(=O)NC(C)(C)C)c1ccc(-c2ccccc2)cc1. The summed E-state index contributed by atoms with van der Waals surface area (Å²) in [6.45, 7) is 5.78. The summed E-state index contributed by atoms with van der Waals surface area (Å²) in [6, 6.07) is 25.0. The first kappa shape index (κ1) is 36.0. The van der Waals surface area contributed by atoms with E-state index in [0.717, 1.165) is 28.8 Å². The molecular weight excluding hydrogens is 647 g/mol. The van der Waals surface area contributed by atoms with Crippen LogP contribution in [0.15, 0.2) is 97.1 Å². The number of carbonyl (C=O) groups is 3. The molecule has 0 saturated heterocycles. The van der Waals surface area contributed by atoms with Gasteiger partial charge in [0.25, 0.3) is 0 Å². The van der Waals surface area contributed by atoms with Crippen LogP contribution in [0.1, 0.15) is 67.1 Å². The minimum atomic E-state index is -4.44. The highest BCUT2D eigenvalue weighted by atomic mass is 19.4. The van der Waals surface area contributed by atoms with Crippen molar-refractivity contribution in [1.82, 2.24) is 15.5 Å². The van der Waals surface area contributed by atoms with Gasteiger partial charge in [-0.05, 0) is 84.8 Å². The maximum absolute atomic E-state index is 14.4. The minimum Gasteiger partial charge on any atom is -0.489 e. The maximum Gasteiger partial charge on any atom is 0.416 e. The number of rotatable bonds is 9. The number of nitrogens with zero attached hydrogens (tertiary/aromatic N) is 1. The number of hydrogen-bond donors (Lipinski definition) is 2.